The summed E-state index contributed by atoms with van der Waals surface area (Å²) in [7, 11) is -28.2. The molecule has 15 rings (SSSR count). The number of fused-ring (bicyclic) bond motifs is 15. The number of nitrogens with zero attached hydrogens (tertiary/aromatic N) is 5. The van der Waals surface area contributed by atoms with Gasteiger partial charge in [-0.2, -0.15) is 0 Å². The zero-order valence-corrected chi connectivity index (χ0v) is 64.5. The lowest BCUT2D eigenvalue weighted by Crippen LogP contribution is -2.46. The second-order valence-electron chi connectivity index (χ2n) is 28.3. The first-order valence-electron chi connectivity index (χ1n) is 75.7. The highest BCUT2D eigenvalue weighted by Gasteiger charge is 2.45. The number of piperidine rings is 5. The lowest BCUT2D eigenvalue weighted by atomic mass is 9.79. The van der Waals surface area contributed by atoms with Crippen molar-refractivity contribution in [2.45, 2.75) is 208 Å². The van der Waals surface area contributed by atoms with Crippen molar-refractivity contribution in [2.75, 3.05) is 136 Å². The molecule has 0 amide bonds. The topological polar surface area (TPSA) is 194 Å². The summed E-state index contributed by atoms with van der Waals surface area (Å²) in [4.78, 5) is 70.4. The minimum atomic E-state index is -4.29. The summed E-state index contributed by atoms with van der Waals surface area (Å²) >= 11 is 0. The fourth-order valence-electron chi connectivity index (χ4n) is 13.7. The first kappa shape index (κ1) is 32.6. The Hall–Kier alpha value is -7.75. The van der Waals surface area contributed by atoms with Crippen LogP contribution in [0.25, 0.3) is 0 Å². The van der Waals surface area contributed by atoms with Gasteiger partial charge in [-0.05, 0) is 210 Å². The first-order chi connectivity index (χ1) is 86.5. The summed E-state index contributed by atoms with van der Waals surface area (Å²) in [5.41, 5.74) is -6.20. The van der Waals surface area contributed by atoms with Gasteiger partial charge in [-0.15, -0.1) is 0 Å². The predicted molar refractivity (Wildman–Crippen MR) is 460 cm³/mol. The maximum atomic E-state index is 14.0. The number of aryl methyl sites for hydroxylation is 1. The molecule has 0 aliphatic carbocycles. The van der Waals surface area contributed by atoms with E-state index in [0.29, 0.717) is 47.1 Å². The van der Waals surface area contributed by atoms with E-state index in [1.54, 1.807) is 27.7 Å². The molecular weight excluding hydrogens is 1480 g/mol. The van der Waals surface area contributed by atoms with Crippen molar-refractivity contribution < 1.29 is 180 Å². The quantitative estimate of drug-likeness (QED) is 0.0634. The van der Waals surface area contributed by atoms with E-state index in [0.717, 1.165) is 16.9 Å². The molecular formula is C97H139N5O15. The number of hydrogen-bond donors (Lipinski definition) is 0. The van der Waals surface area contributed by atoms with Gasteiger partial charge in [-0.25, -0.2) is 0 Å². The normalized spacial score (nSPS) is 45.2. The van der Waals surface area contributed by atoms with E-state index in [9.17, 15) is 25.3 Å². The second kappa shape index (κ2) is 41.0. The number of hydrogen-bond acceptors (Lipinski definition) is 20. The highest BCUT2D eigenvalue weighted by atomic mass is 16.5. The van der Waals surface area contributed by atoms with Crippen LogP contribution in [0, 0.1) is 59.1 Å². The molecule has 0 aromatic heterocycles. The molecule has 20 nitrogen and oxygen atoms in total. The summed E-state index contributed by atoms with van der Waals surface area (Å²) in [6.45, 7) is -15.4. The summed E-state index contributed by atoms with van der Waals surface area (Å²) < 4.78 is 692. The van der Waals surface area contributed by atoms with E-state index in [1.165, 1.54) is 0 Å². The van der Waals surface area contributed by atoms with E-state index in [1.807, 2.05) is 13.8 Å². The summed E-state index contributed by atoms with van der Waals surface area (Å²) in [5, 5.41) is 0. The van der Waals surface area contributed by atoms with Crippen molar-refractivity contribution in [3.05, 3.63) is 116 Å². The van der Waals surface area contributed by atoms with Gasteiger partial charge in [0.2, 0.25) is 0 Å². The molecule has 5 aromatic carbocycles. The molecule has 117 heavy (non-hydrogen) atoms. The Morgan fingerprint density at radius 2 is 0.795 bits per heavy atom. The predicted octanol–water partition coefficient (Wildman–Crippen LogP) is 17.0. The molecule has 5 aromatic rings. The fourth-order valence-corrected chi connectivity index (χ4v) is 13.7. The number of benzene rings is 5. The van der Waals surface area contributed by atoms with Gasteiger partial charge >= 0.3 is 0 Å². The van der Waals surface area contributed by atoms with Crippen LogP contribution in [-0.2, 0) is 55.9 Å². The van der Waals surface area contributed by atoms with Gasteiger partial charge in [-0.3, -0.25) is 48.5 Å². The van der Waals surface area contributed by atoms with Gasteiger partial charge in [0, 0.05) is 213 Å². The van der Waals surface area contributed by atoms with Gasteiger partial charge in [0.25, 0.3) is 0 Å². The van der Waals surface area contributed by atoms with Crippen molar-refractivity contribution in [1.82, 2.24) is 24.5 Å². The lowest BCUT2D eigenvalue weighted by Gasteiger charge is -2.43. The van der Waals surface area contributed by atoms with Gasteiger partial charge in [-0.1, -0.05) is 81.8 Å². The van der Waals surface area contributed by atoms with Crippen molar-refractivity contribution >= 4 is 28.9 Å². The number of carbonyl (C=O) groups excluding carboxylic acids is 5. The highest BCUT2D eigenvalue weighted by Crippen LogP contribution is 2.49. The van der Waals surface area contributed by atoms with Crippen LogP contribution in [0.3, 0.4) is 0 Å². The maximum absolute atomic E-state index is 14.0. The third kappa shape index (κ3) is 21.0. The Balaban J connectivity index is 0.000000226. The fraction of sp³-hybridized carbons (Fsp3) is 0.639. The number of methoxy groups -OCH3 is 10. The Bertz CT molecular complexity index is 7970. The van der Waals surface area contributed by atoms with Gasteiger partial charge in [0.15, 0.2) is 57.5 Å². The number of carbonyl (C=O) groups is 5. The zero-order chi connectivity index (χ0) is 153. The number of ether oxygens (including phenoxy) is 10. The SMILES string of the molecule is [2H]C([2H])([2H])Oc1cc2c(cc1OC([2H])([2H])[2H])C1([2H])N(CC([2H])(CC(C)C)C(=O)C1([2H])[2H])C([2H])([2H])C2([2H])[2H].[2H]c1c(OC([2H])([2H])[2H])c(OC([2H])([2H])[2H])c([2H])c2c1C1([2H])CC(=O)C(CC(C)C)CN1C([2H])([2H])C2([2H])[2H].[2H]c1c(OC([2H])([2H])[2H])c(OC)c([2H])c2c1C1([2H])CC(=O)C(C([2H])([2H])C([2H])(C([2H])([2H])[2H])C([2H])([2H])C)CN1C([2H])([2H])C2([2H])[2H].[2H]c1c2c(c([2H])c(OC([2H])([2H])[2H])c1OC([2H])([2H])[2H])C1N(CC2)C([2H])([2H])C([2H])(C([2H])([2H])C([2H])(C([2H])([2H])[2H])C([2H])([2H])C)C(=O)C1([2H])[2H].[2H]c1c2c(c([2H])c(OC([2H])([2H])[2H])c1OC([2H])([2H])[2H])C1N(CC2)C([2H])([2H])C([2H])(CC(C)C)C(=O)C1([2H])[2H]. The zero-order valence-electron chi connectivity index (χ0n) is 144. The Kier molecular flexibility index (Phi) is 11.4. The molecule has 10 aliphatic heterocycles. The van der Waals surface area contributed by atoms with Crippen LogP contribution >= 0.6 is 0 Å². The second-order valence-corrected chi connectivity index (χ2v) is 28.3. The van der Waals surface area contributed by atoms with Crippen LogP contribution in [0.1, 0.15) is 340 Å². The Morgan fingerprint density at radius 1 is 0.410 bits per heavy atom. The maximum Gasteiger partial charge on any atom is 0.161 e. The number of Topliss-reactive ketones (excluding diaryl/α,β-unsaturated/α-hetero) is 5. The van der Waals surface area contributed by atoms with E-state index < -0.39 is 457 Å². The summed E-state index contributed by atoms with van der Waals surface area (Å²) in [5.74, 6) is -36.1. The van der Waals surface area contributed by atoms with Crippen molar-refractivity contribution in [2.24, 2.45) is 59.1 Å². The molecule has 5 saturated heterocycles. The van der Waals surface area contributed by atoms with Crippen molar-refractivity contribution in [3.8, 4) is 57.5 Å². The Morgan fingerprint density at radius 3 is 1.26 bits per heavy atom. The van der Waals surface area contributed by atoms with Crippen LogP contribution in [0.5, 0.6) is 57.5 Å². The molecule has 642 valence electrons. The van der Waals surface area contributed by atoms with Crippen molar-refractivity contribution in [3.63, 3.8) is 0 Å². The average Bonchev–Trinajstić information content (AvgIpc) is 0.654. The first-order valence-corrected chi connectivity index (χ1v) is 36.2. The van der Waals surface area contributed by atoms with Gasteiger partial charge in [0.05, 0.1) is 123 Å². The van der Waals surface area contributed by atoms with Gasteiger partial charge in [0.1, 0.15) is 28.9 Å². The molecule has 0 N–H and O–H groups in total. The third-order valence-electron chi connectivity index (χ3n) is 19.1. The van der Waals surface area contributed by atoms with Crippen LogP contribution in [-0.4, -0.2) is 189 Å². The minimum Gasteiger partial charge on any atom is -0.493 e. The third-order valence-corrected chi connectivity index (χ3v) is 19.1. The summed E-state index contributed by atoms with van der Waals surface area (Å²) in [6.07, 6.45) is -36.4. The molecule has 20 heteroatoms. The molecule has 12 unspecified atom stereocenters. The minimum absolute atomic E-state index is 0.0438. The highest BCUT2D eigenvalue weighted by molar-refractivity contribution is 5.86. The number of rotatable bonds is 22. The standard InChI is InChI=1S/2C20H29NO3.3C19H27NO3/c2*1-5-13(2)8-15-12-21-7-6-14-9-19(23-3)20(24-4)10-16(14)17(21)11-18(15)22;3*1-12(2)7-14-11-20-6-5-13-8-18(22-3)19(23-4)9-15(13)16(20)10-17(14)21/h2*9-10,13,15,17H,5-8,11-12H2,1-4H3;3*8-9,12,14,16H,5-7,10-11H2,1-4H3/i2D3,3D3,4D3,5D2,8D2,9D,10D,11D2,12D2,13D,15D;2D3,4D3,5D2,6D2,7D2,8D2,9D,10D,13D,17D;3D3,4D3,8D,9D,10D2,11D2,14D;3D3,4D3,5D2,6D2,10D2,14D,16D;3D3,4D3,5D2,6D2,8D,9D,16D. The molecule has 0 bridgehead atoms. The molecule has 0 spiro atoms. The molecule has 5 fully saturated rings. The van der Waals surface area contributed by atoms with Gasteiger partial charge < -0.3 is 47.4 Å². The van der Waals surface area contributed by atoms with E-state index in [2.05, 4.69) is 0 Å². The largest absolute Gasteiger partial charge is 0.493 e. The summed E-state index contributed by atoms with van der Waals surface area (Å²) in [6, 6.07) is -18.5. The van der Waals surface area contributed by atoms with Crippen molar-refractivity contribution in [1.29, 1.82) is 0 Å². The molecule has 12 atom stereocenters. The molecule has 10 heterocycles. The smallest absolute Gasteiger partial charge is 0.161 e. The molecule has 0 saturated carbocycles. The van der Waals surface area contributed by atoms with E-state index in [4.69, 9.17) is 154 Å². The van der Waals surface area contributed by atoms with Crippen LogP contribution in [0.2, 0.25) is 0 Å². The van der Waals surface area contributed by atoms with E-state index >= 15 is 0 Å². The number of ketones is 5. The van der Waals surface area contributed by atoms with Crippen LogP contribution in [0.4, 0.5) is 0 Å². The van der Waals surface area contributed by atoms with E-state index in [-0.39, 0.29) is 66.8 Å². The molecule has 10 aliphatic rings. The lowest BCUT2D eigenvalue weighted by molar-refractivity contribution is -0.130. The molecule has 0 radical (unpaired) electrons. The average molecular weight is 1690 g/mol. The van der Waals surface area contributed by atoms with Crippen LogP contribution in [0.15, 0.2) is 60.5 Å². The Labute approximate surface area is 810 Å². The monoisotopic (exact) mass is 1690 g/mol. The van der Waals surface area contributed by atoms with Crippen LogP contribution < -0.4 is 47.4 Å².